The van der Waals surface area contributed by atoms with Gasteiger partial charge in [-0.15, -0.1) is 0 Å². The Hall–Kier alpha value is -3.22. The van der Waals surface area contributed by atoms with Crippen LogP contribution in [0.1, 0.15) is 30.8 Å². The summed E-state index contributed by atoms with van der Waals surface area (Å²) in [4.78, 5) is 16.3. The molecule has 0 saturated carbocycles. The molecule has 0 aliphatic heterocycles. The van der Waals surface area contributed by atoms with Crippen LogP contribution in [0.15, 0.2) is 53.1 Å². The number of nitrogens with one attached hydrogen (secondary N) is 1. The van der Waals surface area contributed by atoms with Gasteiger partial charge < -0.3 is 14.5 Å². The van der Waals surface area contributed by atoms with Gasteiger partial charge in [0.25, 0.3) is 0 Å². The lowest BCUT2D eigenvalue weighted by atomic mass is 10.1. The van der Waals surface area contributed by atoms with Gasteiger partial charge in [0.15, 0.2) is 11.7 Å². The molecule has 5 nitrogen and oxygen atoms in total. The normalized spacial score (nSPS) is 11.9. The molecule has 146 valence electrons. The van der Waals surface area contributed by atoms with Gasteiger partial charge in [-0.05, 0) is 25.1 Å². The van der Waals surface area contributed by atoms with Crippen molar-refractivity contribution < 1.29 is 22.7 Å². The molecule has 1 unspecified atom stereocenters. The number of hydrogen-bond donors (Lipinski definition) is 1. The molecule has 2 aromatic carbocycles. The van der Waals surface area contributed by atoms with E-state index in [1.807, 2.05) is 31.2 Å². The zero-order valence-electron chi connectivity index (χ0n) is 15.5. The van der Waals surface area contributed by atoms with Crippen molar-refractivity contribution in [1.29, 1.82) is 0 Å². The maximum atomic E-state index is 13.8. The lowest BCUT2D eigenvalue weighted by Gasteiger charge is -2.17. The van der Waals surface area contributed by atoms with E-state index in [2.05, 4.69) is 10.3 Å². The second kappa shape index (κ2) is 8.65. The molecule has 3 aromatic rings. The second-order valence-corrected chi connectivity index (χ2v) is 6.25. The van der Waals surface area contributed by atoms with E-state index in [0.29, 0.717) is 5.75 Å². The summed E-state index contributed by atoms with van der Waals surface area (Å²) in [5.74, 6) is -0.738. The van der Waals surface area contributed by atoms with Crippen LogP contribution in [0, 0.1) is 11.6 Å². The summed E-state index contributed by atoms with van der Waals surface area (Å²) in [6.45, 7) is 1.86. The highest BCUT2D eigenvalue weighted by Crippen LogP contribution is 2.27. The maximum absolute atomic E-state index is 13.8. The molecular weight excluding hydrogens is 366 g/mol. The predicted octanol–water partition coefficient (Wildman–Crippen LogP) is 4.44. The third kappa shape index (κ3) is 4.36. The number of halogens is 2. The number of benzene rings is 2. The van der Waals surface area contributed by atoms with E-state index in [1.54, 1.807) is 7.11 Å². The molecule has 1 heterocycles. The van der Waals surface area contributed by atoms with Crippen molar-refractivity contribution in [1.82, 2.24) is 10.3 Å². The Balaban J connectivity index is 1.60. The first-order chi connectivity index (χ1) is 13.5. The Kier molecular flexibility index (Phi) is 6.03. The van der Waals surface area contributed by atoms with Crippen LogP contribution in [-0.2, 0) is 11.2 Å². The molecule has 3 rings (SSSR count). The quantitative estimate of drug-likeness (QED) is 0.652. The minimum Gasteiger partial charge on any atom is -0.496 e. The van der Waals surface area contributed by atoms with Gasteiger partial charge in [-0.1, -0.05) is 24.3 Å². The Morgan fingerprint density at radius 3 is 2.61 bits per heavy atom. The molecule has 1 aromatic heterocycles. The Labute approximate surface area is 161 Å². The zero-order chi connectivity index (χ0) is 20.1. The van der Waals surface area contributed by atoms with Gasteiger partial charge in [0.2, 0.25) is 5.91 Å². The number of rotatable bonds is 7. The smallest absolute Gasteiger partial charge is 0.220 e. The molecule has 0 aliphatic rings. The molecule has 0 bridgehead atoms. The van der Waals surface area contributed by atoms with E-state index >= 15 is 0 Å². The van der Waals surface area contributed by atoms with Crippen LogP contribution in [0.3, 0.4) is 0 Å². The number of nitrogens with zero attached hydrogens (tertiary/aromatic N) is 1. The van der Waals surface area contributed by atoms with Gasteiger partial charge in [-0.2, -0.15) is 0 Å². The van der Waals surface area contributed by atoms with E-state index in [0.717, 1.165) is 17.7 Å². The third-order valence-electron chi connectivity index (χ3n) is 4.31. The number of oxazole rings is 1. The molecule has 7 heteroatoms. The van der Waals surface area contributed by atoms with Crippen LogP contribution in [-0.4, -0.2) is 18.0 Å². The van der Waals surface area contributed by atoms with Crippen molar-refractivity contribution in [2.75, 3.05) is 7.11 Å². The van der Waals surface area contributed by atoms with E-state index < -0.39 is 11.6 Å². The molecule has 1 atom stereocenters. The van der Waals surface area contributed by atoms with Gasteiger partial charge in [0, 0.05) is 18.4 Å². The van der Waals surface area contributed by atoms with Crippen molar-refractivity contribution in [2.24, 2.45) is 0 Å². The van der Waals surface area contributed by atoms with Gasteiger partial charge in [0.05, 0.1) is 24.9 Å². The van der Waals surface area contributed by atoms with E-state index in [9.17, 15) is 13.6 Å². The van der Waals surface area contributed by atoms with E-state index in [-0.39, 0.29) is 42.0 Å². The highest BCUT2D eigenvalue weighted by atomic mass is 19.1. The van der Waals surface area contributed by atoms with Gasteiger partial charge >= 0.3 is 0 Å². The lowest BCUT2D eigenvalue weighted by Crippen LogP contribution is -2.27. The Bertz CT molecular complexity index is 952. The number of carbonyl (C=O) groups is 1. The number of hydrogen-bond acceptors (Lipinski definition) is 4. The average Bonchev–Trinajstić information content (AvgIpc) is 3.14. The molecule has 1 amide bonds. The summed E-state index contributed by atoms with van der Waals surface area (Å²) in [7, 11) is 1.58. The molecule has 28 heavy (non-hydrogen) atoms. The summed E-state index contributed by atoms with van der Waals surface area (Å²) < 4.78 is 38.4. The van der Waals surface area contributed by atoms with Crippen molar-refractivity contribution in [3.8, 4) is 17.1 Å². The summed E-state index contributed by atoms with van der Waals surface area (Å²) >= 11 is 0. The number of ether oxygens (including phenoxy) is 1. The minimum absolute atomic E-state index is 0.00611. The summed E-state index contributed by atoms with van der Waals surface area (Å²) in [6, 6.07) is 10.8. The second-order valence-electron chi connectivity index (χ2n) is 6.25. The fourth-order valence-corrected chi connectivity index (χ4v) is 2.91. The van der Waals surface area contributed by atoms with Crippen LogP contribution in [0.5, 0.6) is 5.75 Å². The largest absolute Gasteiger partial charge is 0.496 e. The van der Waals surface area contributed by atoms with Crippen LogP contribution >= 0.6 is 0 Å². The average molecular weight is 386 g/mol. The number of carbonyl (C=O) groups excluding carboxylic acids is 1. The fraction of sp³-hybridized carbons (Fsp3) is 0.238. The van der Waals surface area contributed by atoms with Crippen molar-refractivity contribution in [2.45, 2.75) is 25.8 Å². The van der Waals surface area contributed by atoms with Crippen LogP contribution in [0.4, 0.5) is 8.78 Å². The summed E-state index contributed by atoms with van der Waals surface area (Å²) in [5, 5.41) is 2.89. The van der Waals surface area contributed by atoms with Crippen molar-refractivity contribution in [3.63, 3.8) is 0 Å². The van der Waals surface area contributed by atoms with Crippen molar-refractivity contribution in [3.05, 3.63) is 71.8 Å². The monoisotopic (exact) mass is 386 g/mol. The fourth-order valence-electron chi connectivity index (χ4n) is 2.91. The zero-order valence-corrected chi connectivity index (χ0v) is 15.5. The first-order valence-electron chi connectivity index (χ1n) is 8.81. The van der Waals surface area contributed by atoms with E-state index in [4.69, 9.17) is 9.15 Å². The molecular formula is C21H20F2N2O3. The van der Waals surface area contributed by atoms with Gasteiger partial charge in [-0.3, -0.25) is 4.79 Å². The Morgan fingerprint density at radius 2 is 1.89 bits per heavy atom. The predicted molar refractivity (Wildman–Crippen MR) is 99.7 cm³/mol. The highest BCUT2D eigenvalue weighted by molar-refractivity contribution is 5.76. The number of aromatic nitrogens is 1. The first kappa shape index (κ1) is 19.5. The van der Waals surface area contributed by atoms with Gasteiger partial charge in [-0.25, -0.2) is 13.8 Å². The Morgan fingerprint density at radius 1 is 1.18 bits per heavy atom. The van der Waals surface area contributed by atoms with Crippen LogP contribution in [0.2, 0.25) is 0 Å². The molecule has 0 fully saturated rings. The standard InChI is InChI=1S/C21H20F2N2O3/c1-13(14-6-3-4-9-17(14)27-2)25-19(26)10-11-20-24-12-18(28-20)21-15(22)7-5-8-16(21)23/h3-9,12-13H,10-11H2,1-2H3,(H,25,26). The van der Waals surface area contributed by atoms with Crippen LogP contribution < -0.4 is 10.1 Å². The number of methoxy groups -OCH3 is 1. The third-order valence-corrected chi connectivity index (χ3v) is 4.31. The van der Waals surface area contributed by atoms with Crippen LogP contribution in [0.25, 0.3) is 11.3 Å². The van der Waals surface area contributed by atoms with Gasteiger partial charge in [0.1, 0.15) is 17.4 Å². The lowest BCUT2D eigenvalue weighted by molar-refractivity contribution is -0.121. The topological polar surface area (TPSA) is 64.4 Å². The summed E-state index contributed by atoms with van der Waals surface area (Å²) in [6.07, 6.45) is 1.59. The van der Waals surface area contributed by atoms with E-state index in [1.165, 1.54) is 12.3 Å². The molecule has 0 spiro atoms. The first-order valence-corrected chi connectivity index (χ1v) is 8.81. The molecule has 0 saturated heterocycles. The molecule has 1 N–H and O–H groups in total. The molecule has 0 aliphatic carbocycles. The van der Waals surface area contributed by atoms with Crippen molar-refractivity contribution >= 4 is 5.91 Å². The maximum Gasteiger partial charge on any atom is 0.220 e. The molecule has 0 radical (unpaired) electrons. The SMILES string of the molecule is COc1ccccc1C(C)NC(=O)CCc1ncc(-c2c(F)cccc2F)o1. The minimum atomic E-state index is -0.730. The number of aryl methyl sites for hydroxylation is 1. The summed E-state index contributed by atoms with van der Waals surface area (Å²) in [5.41, 5.74) is 0.599. The highest BCUT2D eigenvalue weighted by Gasteiger charge is 2.17. The number of para-hydroxylation sites is 1. The number of amides is 1.